The van der Waals surface area contributed by atoms with Gasteiger partial charge in [-0.25, -0.2) is 0 Å². The number of carbonyl (C=O) groups excluding carboxylic acids is 1. The molecule has 116 valence electrons. The lowest BCUT2D eigenvalue weighted by atomic mass is 9.98. The molecule has 2 N–H and O–H groups in total. The van der Waals surface area contributed by atoms with Crippen LogP contribution in [0.25, 0.3) is 0 Å². The fourth-order valence-corrected chi connectivity index (χ4v) is 2.80. The van der Waals surface area contributed by atoms with Crippen molar-refractivity contribution in [3.8, 4) is 0 Å². The minimum absolute atomic E-state index is 0.0379. The molecule has 1 aliphatic rings. The molecule has 0 aromatic heterocycles. The number of rotatable bonds is 7. The van der Waals surface area contributed by atoms with Gasteiger partial charge >= 0.3 is 0 Å². The van der Waals surface area contributed by atoms with Crippen LogP contribution in [0.2, 0.25) is 0 Å². The van der Waals surface area contributed by atoms with E-state index < -0.39 is 0 Å². The van der Waals surface area contributed by atoms with Gasteiger partial charge in [-0.2, -0.15) is 0 Å². The van der Waals surface area contributed by atoms with Gasteiger partial charge in [0.2, 0.25) is 0 Å². The maximum atomic E-state index is 12.2. The molecule has 21 heavy (non-hydrogen) atoms. The first-order valence-electron chi connectivity index (χ1n) is 8.07. The molecule has 0 unspecified atom stereocenters. The first-order chi connectivity index (χ1) is 10.2. The van der Waals surface area contributed by atoms with E-state index in [1.165, 1.54) is 11.1 Å². The quantitative estimate of drug-likeness (QED) is 0.804. The highest BCUT2D eigenvalue weighted by molar-refractivity contribution is 5.94. The van der Waals surface area contributed by atoms with Crippen molar-refractivity contribution >= 4 is 5.91 Å². The molecule has 1 aliphatic heterocycles. The van der Waals surface area contributed by atoms with Crippen molar-refractivity contribution in [1.82, 2.24) is 15.5 Å². The number of hydrogen-bond acceptors (Lipinski definition) is 3. The van der Waals surface area contributed by atoms with Crippen LogP contribution in [-0.2, 0) is 13.0 Å². The highest BCUT2D eigenvalue weighted by atomic mass is 16.1. The number of carbonyl (C=O) groups is 1. The van der Waals surface area contributed by atoms with E-state index in [4.69, 9.17) is 0 Å². The summed E-state index contributed by atoms with van der Waals surface area (Å²) < 4.78 is 0. The average Bonchev–Trinajstić information content (AvgIpc) is 2.53. The van der Waals surface area contributed by atoms with Crippen molar-refractivity contribution in [2.75, 3.05) is 32.7 Å². The molecule has 4 heteroatoms. The summed E-state index contributed by atoms with van der Waals surface area (Å²) in [5.74, 6) is 0.0379. The largest absolute Gasteiger partial charge is 0.351 e. The summed E-state index contributed by atoms with van der Waals surface area (Å²) in [5, 5.41) is 6.38. The van der Waals surface area contributed by atoms with E-state index in [0.29, 0.717) is 6.54 Å². The molecule has 0 fully saturated rings. The SMILES string of the molecule is CCCN(CC)CCNC(=O)c1ccc2c(c1)CNCC2. The Kier molecular flexibility index (Phi) is 6.21. The Bertz CT molecular complexity index is 473. The molecule has 0 spiro atoms. The molecule has 4 nitrogen and oxygen atoms in total. The summed E-state index contributed by atoms with van der Waals surface area (Å²) in [7, 11) is 0. The molecule has 1 aromatic rings. The molecular formula is C17H27N3O. The standard InChI is InChI=1S/C17H27N3O/c1-3-10-20(4-2)11-9-19-17(21)15-6-5-14-7-8-18-13-16(14)12-15/h5-6,12,18H,3-4,7-11,13H2,1-2H3,(H,19,21). The number of amides is 1. The minimum atomic E-state index is 0.0379. The van der Waals surface area contributed by atoms with Crippen LogP contribution in [0.15, 0.2) is 18.2 Å². The maximum absolute atomic E-state index is 12.2. The number of hydrogen-bond donors (Lipinski definition) is 2. The average molecular weight is 289 g/mol. The van der Waals surface area contributed by atoms with Crippen molar-refractivity contribution in [2.24, 2.45) is 0 Å². The Hall–Kier alpha value is -1.39. The molecule has 0 radical (unpaired) electrons. The van der Waals surface area contributed by atoms with Gasteiger partial charge in [0.15, 0.2) is 0 Å². The summed E-state index contributed by atoms with van der Waals surface area (Å²) in [6.07, 6.45) is 2.21. The topological polar surface area (TPSA) is 44.4 Å². The zero-order chi connectivity index (χ0) is 15.1. The van der Waals surface area contributed by atoms with E-state index in [1.807, 2.05) is 12.1 Å². The first-order valence-corrected chi connectivity index (χ1v) is 8.07. The number of nitrogens with zero attached hydrogens (tertiary/aromatic N) is 1. The van der Waals surface area contributed by atoms with Crippen LogP contribution in [0, 0.1) is 0 Å². The van der Waals surface area contributed by atoms with Gasteiger partial charge in [-0.15, -0.1) is 0 Å². The zero-order valence-electron chi connectivity index (χ0n) is 13.2. The van der Waals surface area contributed by atoms with E-state index in [-0.39, 0.29) is 5.91 Å². The number of fused-ring (bicyclic) bond motifs is 1. The van der Waals surface area contributed by atoms with Gasteiger partial charge < -0.3 is 15.5 Å². The maximum Gasteiger partial charge on any atom is 0.251 e. The minimum Gasteiger partial charge on any atom is -0.351 e. The van der Waals surface area contributed by atoms with Gasteiger partial charge in [0.1, 0.15) is 0 Å². The molecule has 1 aromatic carbocycles. The zero-order valence-corrected chi connectivity index (χ0v) is 13.2. The van der Waals surface area contributed by atoms with E-state index >= 15 is 0 Å². The molecule has 2 rings (SSSR count). The predicted octanol–water partition coefficient (Wildman–Crippen LogP) is 1.79. The summed E-state index contributed by atoms with van der Waals surface area (Å²) in [4.78, 5) is 14.6. The highest BCUT2D eigenvalue weighted by Crippen LogP contribution is 2.15. The van der Waals surface area contributed by atoms with Crippen molar-refractivity contribution < 1.29 is 4.79 Å². The molecule has 1 amide bonds. The van der Waals surface area contributed by atoms with E-state index in [0.717, 1.165) is 51.1 Å². The van der Waals surface area contributed by atoms with Gasteiger partial charge in [0, 0.05) is 25.2 Å². The van der Waals surface area contributed by atoms with Crippen LogP contribution in [0.4, 0.5) is 0 Å². The van der Waals surface area contributed by atoms with Crippen LogP contribution in [0.1, 0.15) is 41.8 Å². The van der Waals surface area contributed by atoms with E-state index in [2.05, 4.69) is 35.4 Å². The second kappa shape index (κ2) is 8.15. The smallest absolute Gasteiger partial charge is 0.251 e. The summed E-state index contributed by atoms with van der Waals surface area (Å²) in [6.45, 7) is 10.0. The summed E-state index contributed by atoms with van der Waals surface area (Å²) in [6, 6.07) is 6.07. The Morgan fingerprint density at radius 2 is 2.14 bits per heavy atom. The van der Waals surface area contributed by atoms with Crippen LogP contribution in [0.5, 0.6) is 0 Å². The number of nitrogens with one attached hydrogen (secondary N) is 2. The third-order valence-electron chi connectivity index (χ3n) is 4.06. The molecular weight excluding hydrogens is 262 g/mol. The van der Waals surface area contributed by atoms with Crippen molar-refractivity contribution in [3.05, 3.63) is 34.9 Å². The molecule has 0 saturated carbocycles. The van der Waals surface area contributed by atoms with Gasteiger partial charge in [0.05, 0.1) is 0 Å². The second-order valence-corrected chi connectivity index (χ2v) is 5.60. The van der Waals surface area contributed by atoms with Gasteiger partial charge in [-0.05, 0) is 55.7 Å². The fourth-order valence-electron chi connectivity index (χ4n) is 2.80. The molecule has 0 aliphatic carbocycles. The normalized spacial score (nSPS) is 14.0. The lowest BCUT2D eigenvalue weighted by molar-refractivity contribution is 0.0948. The number of benzene rings is 1. The lowest BCUT2D eigenvalue weighted by Crippen LogP contribution is -2.35. The van der Waals surface area contributed by atoms with Gasteiger partial charge in [-0.3, -0.25) is 4.79 Å². The molecule has 0 saturated heterocycles. The fraction of sp³-hybridized carbons (Fsp3) is 0.588. The Morgan fingerprint density at radius 1 is 1.29 bits per heavy atom. The Balaban J connectivity index is 1.86. The van der Waals surface area contributed by atoms with Crippen LogP contribution in [0.3, 0.4) is 0 Å². The Labute approximate surface area is 127 Å². The second-order valence-electron chi connectivity index (χ2n) is 5.60. The third kappa shape index (κ3) is 4.55. The summed E-state index contributed by atoms with van der Waals surface area (Å²) in [5.41, 5.74) is 3.40. The Morgan fingerprint density at radius 3 is 2.90 bits per heavy atom. The number of likely N-dealkylation sites (N-methyl/N-ethyl adjacent to an activating group) is 1. The van der Waals surface area contributed by atoms with Crippen molar-refractivity contribution in [2.45, 2.75) is 33.2 Å². The van der Waals surface area contributed by atoms with Crippen LogP contribution < -0.4 is 10.6 Å². The van der Waals surface area contributed by atoms with Crippen molar-refractivity contribution in [1.29, 1.82) is 0 Å². The predicted molar refractivity (Wildman–Crippen MR) is 86.6 cm³/mol. The summed E-state index contributed by atoms with van der Waals surface area (Å²) >= 11 is 0. The monoisotopic (exact) mass is 289 g/mol. The van der Waals surface area contributed by atoms with Crippen LogP contribution >= 0.6 is 0 Å². The lowest BCUT2D eigenvalue weighted by Gasteiger charge is -2.20. The molecule has 0 atom stereocenters. The highest BCUT2D eigenvalue weighted by Gasteiger charge is 2.12. The first kappa shape index (κ1) is 16.0. The van der Waals surface area contributed by atoms with E-state index in [1.54, 1.807) is 0 Å². The van der Waals surface area contributed by atoms with Gasteiger partial charge in [0.25, 0.3) is 5.91 Å². The molecule has 0 bridgehead atoms. The third-order valence-corrected chi connectivity index (χ3v) is 4.06. The van der Waals surface area contributed by atoms with Crippen LogP contribution in [-0.4, -0.2) is 43.5 Å². The molecule has 1 heterocycles. The van der Waals surface area contributed by atoms with Gasteiger partial charge in [-0.1, -0.05) is 19.9 Å². The van der Waals surface area contributed by atoms with E-state index in [9.17, 15) is 4.79 Å². The van der Waals surface area contributed by atoms with Crippen molar-refractivity contribution in [3.63, 3.8) is 0 Å².